The highest BCUT2D eigenvalue weighted by atomic mass is 19.2. The fourth-order valence-electron chi connectivity index (χ4n) is 3.25. The number of nitrogens with zero attached hydrogens (tertiary/aromatic N) is 2. The Morgan fingerprint density at radius 3 is 2.61 bits per heavy atom. The van der Waals surface area contributed by atoms with Crippen LogP contribution < -0.4 is 5.73 Å². The van der Waals surface area contributed by atoms with Crippen molar-refractivity contribution in [3.05, 3.63) is 65.0 Å². The monoisotopic (exact) mass is 392 g/mol. The molecule has 1 aliphatic rings. The van der Waals surface area contributed by atoms with Crippen molar-refractivity contribution in [3.8, 4) is 0 Å². The Morgan fingerprint density at radius 2 is 1.86 bits per heavy atom. The van der Waals surface area contributed by atoms with Crippen molar-refractivity contribution in [1.82, 2.24) is 4.90 Å². The maximum atomic E-state index is 13.8. The van der Waals surface area contributed by atoms with Gasteiger partial charge in [0.05, 0.1) is 6.54 Å². The van der Waals surface area contributed by atoms with Gasteiger partial charge >= 0.3 is 5.90 Å². The molecular weight excluding hydrogens is 371 g/mol. The van der Waals surface area contributed by atoms with E-state index in [0.29, 0.717) is 6.07 Å². The van der Waals surface area contributed by atoms with Crippen molar-refractivity contribution in [2.24, 2.45) is 5.73 Å². The fourth-order valence-corrected chi connectivity index (χ4v) is 3.25. The molecule has 0 bridgehead atoms. The molecule has 1 atom stereocenters. The predicted octanol–water partition coefficient (Wildman–Crippen LogP) is 2.64. The molecule has 0 fully saturated rings. The second-order valence-electron chi connectivity index (χ2n) is 6.88. The molecule has 1 aliphatic heterocycles. The number of carbonyl (C=O) groups is 1. The topological polar surface area (TPSA) is 69.6 Å². The normalized spacial score (nSPS) is 15.2. The minimum atomic E-state index is -1.27. The lowest BCUT2D eigenvalue weighted by Gasteiger charge is -2.21. The molecule has 2 aromatic carbocycles. The van der Waals surface area contributed by atoms with Gasteiger partial charge in [-0.3, -0.25) is 4.79 Å². The number of halogens is 3. The number of fused-ring (bicyclic) bond motifs is 1. The van der Waals surface area contributed by atoms with Crippen LogP contribution in [0.25, 0.3) is 0 Å². The summed E-state index contributed by atoms with van der Waals surface area (Å²) >= 11 is 0. The standard InChI is InChI=1S/C20H20F3N3O2/c1-25-18-5-3-2-4-12(18)10-26(11-20(25)28)19(27)8-14(24)6-13-7-16(22)17(23)9-15(13)21/h2-5,7,9,14H,6,8,10-11,24H2,1H3/p+1/t14-/m1/s1. The Labute approximate surface area is 160 Å². The Kier molecular flexibility index (Phi) is 5.69. The molecule has 0 aliphatic carbocycles. The number of aliphatic hydroxyl groups is 1. The summed E-state index contributed by atoms with van der Waals surface area (Å²) in [5.74, 6) is -3.66. The minimum absolute atomic E-state index is 0.0102. The van der Waals surface area contributed by atoms with Crippen LogP contribution in [0.5, 0.6) is 0 Å². The molecule has 8 heteroatoms. The van der Waals surface area contributed by atoms with Gasteiger partial charge in [-0.15, -0.1) is 0 Å². The highest BCUT2D eigenvalue weighted by molar-refractivity contribution is 5.83. The molecule has 148 valence electrons. The third-order valence-electron chi connectivity index (χ3n) is 4.79. The number of carbonyl (C=O) groups excluding carboxylic acids is 1. The molecule has 0 radical (unpaired) electrons. The van der Waals surface area contributed by atoms with Crippen molar-refractivity contribution >= 4 is 17.5 Å². The molecule has 3 rings (SSSR count). The van der Waals surface area contributed by atoms with Gasteiger partial charge in [0.15, 0.2) is 11.6 Å². The Morgan fingerprint density at radius 1 is 1.18 bits per heavy atom. The number of hydrogen-bond acceptors (Lipinski definition) is 2. The lowest BCUT2D eigenvalue weighted by molar-refractivity contribution is -0.416. The Bertz CT molecular complexity index is 946. The van der Waals surface area contributed by atoms with Crippen LogP contribution in [0.3, 0.4) is 0 Å². The van der Waals surface area contributed by atoms with E-state index in [4.69, 9.17) is 5.73 Å². The fraction of sp³-hybridized carbons (Fsp3) is 0.300. The van der Waals surface area contributed by atoms with Gasteiger partial charge in [0.1, 0.15) is 19.4 Å². The van der Waals surface area contributed by atoms with E-state index in [-0.39, 0.29) is 43.3 Å². The zero-order valence-corrected chi connectivity index (χ0v) is 15.3. The van der Waals surface area contributed by atoms with Crippen molar-refractivity contribution < 1.29 is 27.6 Å². The summed E-state index contributed by atoms with van der Waals surface area (Å²) in [6.45, 7) is 0.298. The average Bonchev–Trinajstić information content (AvgIpc) is 2.77. The molecule has 0 unspecified atom stereocenters. The highest BCUT2D eigenvalue weighted by Crippen LogP contribution is 2.23. The second-order valence-corrected chi connectivity index (χ2v) is 6.88. The molecule has 1 heterocycles. The molecule has 1 amide bonds. The lowest BCUT2D eigenvalue weighted by atomic mass is 10.0. The molecule has 0 saturated heterocycles. The summed E-state index contributed by atoms with van der Waals surface area (Å²) in [7, 11) is 1.71. The summed E-state index contributed by atoms with van der Waals surface area (Å²) in [5, 5.41) is 10.3. The number of aliphatic hydroxyl groups excluding tert-OH is 1. The van der Waals surface area contributed by atoms with Crippen molar-refractivity contribution in [1.29, 1.82) is 0 Å². The number of benzene rings is 2. The first kappa shape index (κ1) is 19.9. The molecule has 3 N–H and O–H groups in total. The van der Waals surface area contributed by atoms with Gasteiger partial charge in [-0.25, -0.2) is 13.2 Å². The van der Waals surface area contributed by atoms with Crippen LogP contribution in [0.4, 0.5) is 18.9 Å². The van der Waals surface area contributed by atoms with Crippen LogP contribution in [0.2, 0.25) is 0 Å². The van der Waals surface area contributed by atoms with Crippen LogP contribution in [-0.4, -0.2) is 46.0 Å². The maximum absolute atomic E-state index is 13.8. The smallest absolute Gasteiger partial charge is 0.359 e. The summed E-state index contributed by atoms with van der Waals surface area (Å²) < 4.78 is 41.8. The molecule has 2 aromatic rings. The first-order valence-corrected chi connectivity index (χ1v) is 8.79. The largest absolute Gasteiger partial charge is 0.462 e. The van der Waals surface area contributed by atoms with Gasteiger partial charge in [0.25, 0.3) is 0 Å². The minimum Gasteiger partial charge on any atom is -0.462 e. The van der Waals surface area contributed by atoms with Gasteiger partial charge < -0.3 is 15.7 Å². The van der Waals surface area contributed by atoms with Crippen LogP contribution in [0, 0.1) is 17.5 Å². The van der Waals surface area contributed by atoms with E-state index in [2.05, 4.69) is 0 Å². The third kappa shape index (κ3) is 4.17. The first-order valence-electron chi connectivity index (χ1n) is 8.79. The zero-order chi connectivity index (χ0) is 20.4. The van der Waals surface area contributed by atoms with E-state index in [1.54, 1.807) is 11.6 Å². The quantitative estimate of drug-likeness (QED) is 0.621. The van der Waals surface area contributed by atoms with Gasteiger partial charge in [-0.05, 0) is 18.1 Å². The van der Waals surface area contributed by atoms with Gasteiger partial charge in [-0.1, -0.05) is 18.2 Å². The van der Waals surface area contributed by atoms with E-state index >= 15 is 0 Å². The second kappa shape index (κ2) is 8.02. The highest BCUT2D eigenvalue weighted by Gasteiger charge is 2.29. The molecular formula is C20H21F3N3O2+. The zero-order valence-electron chi connectivity index (χ0n) is 15.3. The number of rotatable bonds is 4. The van der Waals surface area contributed by atoms with E-state index in [0.717, 1.165) is 17.3 Å². The molecule has 0 aromatic heterocycles. The van der Waals surface area contributed by atoms with Crippen LogP contribution >= 0.6 is 0 Å². The number of hydrogen-bond donors (Lipinski definition) is 2. The van der Waals surface area contributed by atoms with Crippen molar-refractivity contribution in [2.45, 2.75) is 25.4 Å². The van der Waals surface area contributed by atoms with Gasteiger partial charge in [-0.2, -0.15) is 4.58 Å². The van der Waals surface area contributed by atoms with Gasteiger partial charge in [0.2, 0.25) is 11.6 Å². The number of para-hydroxylation sites is 1. The number of nitrogens with two attached hydrogens (primary N) is 1. The average molecular weight is 392 g/mol. The third-order valence-corrected chi connectivity index (χ3v) is 4.79. The number of amides is 1. The molecule has 5 nitrogen and oxygen atoms in total. The predicted molar refractivity (Wildman–Crippen MR) is 98.0 cm³/mol. The van der Waals surface area contributed by atoms with E-state index in [1.165, 1.54) is 4.90 Å². The van der Waals surface area contributed by atoms with E-state index in [1.807, 2.05) is 24.3 Å². The van der Waals surface area contributed by atoms with Crippen LogP contribution in [0.15, 0.2) is 36.4 Å². The summed E-state index contributed by atoms with van der Waals surface area (Å²) in [6.07, 6.45) is -0.244. The Hall–Kier alpha value is -2.87. The Balaban J connectivity index is 1.72. The van der Waals surface area contributed by atoms with E-state index in [9.17, 15) is 23.1 Å². The first-order chi connectivity index (χ1) is 13.3. The summed E-state index contributed by atoms with van der Waals surface area (Å²) in [5.41, 5.74) is 7.53. The van der Waals surface area contributed by atoms with Crippen LogP contribution in [-0.2, 0) is 17.8 Å². The summed E-state index contributed by atoms with van der Waals surface area (Å²) in [4.78, 5) is 14.2. The summed E-state index contributed by atoms with van der Waals surface area (Å²) in [6, 6.07) is 7.82. The lowest BCUT2D eigenvalue weighted by Crippen LogP contribution is -2.39. The van der Waals surface area contributed by atoms with Gasteiger partial charge in [0, 0.05) is 30.2 Å². The molecule has 28 heavy (non-hydrogen) atoms. The van der Waals surface area contributed by atoms with E-state index < -0.39 is 23.5 Å². The molecule has 0 spiro atoms. The van der Waals surface area contributed by atoms with Crippen LogP contribution in [0.1, 0.15) is 17.5 Å². The maximum Gasteiger partial charge on any atom is 0.359 e. The van der Waals surface area contributed by atoms with Crippen molar-refractivity contribution in [3.63, 3.8) is 0 Å². The van der Waals surface area contributed by atoms with Crippen molar-refractivity contribution in [2.75, 3.05) is 13.6 Å². The molecule has 0 saturated carbocycles. The SMILES string of the molecule is C[N+]1=C(O)CN(C(=O)C[C@H](N)Cc2cc(F)c(F)cc2F)Cc2ccccc21.